The van der Waals surface area contributed by atoms with E-state index in [-0.39, 0.29) is 6.04 Å². The Labute approximate surface area is 107 Å². The summed E-state index contributed by atoms with van der Waals surface area (Å²) in [5, 5.41) is 3.94. The SMILES string of the molecule is CCCc1noc(Cn2ccc(C(N)CC)c2)n1. The summed E-state index contributed by atoms with van der Waals surface area (Å²) in [5.74, 6) is 1.43. The van der Waals surface area contributed by atoms with Gasteiger partial charge in [0.15, 0.2) is 5.82 Å². The minimum atomic E-state index is 0.101. The first kappa shape index (κ1) is 12.8. The zero-order chi connectivity index (χ0) is 13.0. The lowest BCUT2D eigenvalue weighted by Gasteiger charge is -2.04. The van der Waals surface area contributed by atoms with Crippen molar-refractivity contribution in [2.24, 2.45) is 5.73 Å². The average molecular weight is 248 g/mol. The predicted molar refractivity (Wildman–Crippen MR) is 69.0 cm³/mol. The van der Waals surface area contributed by atoms with Crippen molar-refractivity contribution in [1.82, 2.24) is 14.7 Å². The molecular formula is C13H20N4O. The maximum absolute atomic E-state index is 5.98. The summed E-state index contributed by atoms with van der Waals surface area (Å²) in [5.41, 5.74) is 7.12. The quantitative estimate of drug-likeness (QED) is 0.851. The highest BCUT2D eigenvalue weighted by molar-refractivity contribution is 5.15. The molecule has 1 atom stereocenters. The van der Waals surface area contributed by atoms with E-state index < -0.39 is 0 Å². The van der Waals surface area contributed by atoms with Crippen molar-refractivity contribution in [1.29, 1.82) is 0 Å². The van der Waals surface area contributed by atoms with E-state index in [4.69, 9.17) is 10.3 Å². The summed E-state index contributed by atoms with van der Waals surface area (Å²) >= 11 is 0. The van der Waals surface area contributed by atoms with Gasteiger partial charge in [-0.15, -0.1) is 0 Å². The summed E-state index contributed by atoms with van der Waals surface area (Å²) in [4.78, 5) is 4.34. The lowest BCUT2D eigenvalue weighted by atomic mass is 10.1. The second-order valence-corrected chi connectivity index (χ2v) is 4.49. The fourth-order valence-electron chi connectivity index (χ4n) is 1.85. The molecular weight excluding hydrogens is 228 g/mol. The highest BCUT2D eigenvalue weighted by Crippen LogP contribution is 2.14. The van der Waals surface area contributed by atoms with Gasteiger partial charge in [-0.3, -0.25) is 0 Å². The third kappa shape index (κ3) is 2.98. The molecule has 0 aromatic carbocycles. The zero-order valence-electron chi connectivity index (χ0n) is 11.0. The Morgan fingerprint density at radius 1 is 1.44 bits per heavy atom. The number of hydrogen-bond donors (Lipinski definition) is 1. The minimum absolute atomic E-state index is 0.101. The number of nitrogens with two attached hydrogens (primary N) is 1. The highest BCUT2D eigenvalue weighted by Gasteiger charge is 2.08. The van der Waals surface area contributed by atoms with Gasteiger partial charge in [0.2, 0.25) is 5.89 Å². The molecule has 5 nitrogen and oxygen atoms in total. The first-order valence-electron chi connectivity index (χ1n) is 6.45. The van der Waals surface area contributed by atoms with Crippen molar-refractivity contribution in [3.8, 4) is 0 Å². The Hall–Kier alpha value is -1.62. The molecule has 0 radical (unpaired) electrons. The first-order valence-corrected chi connectivity index (χ1v) is 6.45. The van der Waals surface area contributed by atoms with E-state index in [2.05, 4.69) is 24.0 Å². The van der Waals surface area contributed by atoms with Crippen LogP contribution < -0.4 is 5.73 Å². The van der Waals surface area contributed by atoms with Crippen LogP contribution in [0, 0.1) is 0 Å². The minimum Gasteiger partial charge on any atom is -0.345 e. The number of nitrogens with zero attached hydrogens (tertiary/aromatic N) is 3. The van der Waals surface area contributed by atoms with E-state index in [9.17, 15) is 0 Å². The molecule has 0 aliphatic rings. The fraction of sp³-hybridized carbons (Fsp3) is 0.538. The third-order valence-electron chi connectivity index (χ3n) is 2.94. The molecule has 0 saturated heterocycles. The molecule has 2 heterocycles. The third-order valence-corrected chi connectivity index (χ3v) is 2.94. The number of hydrogen-bond acceptors (Lipinski definition) is 4. The maximum Gasteiger partial charge on any atom is 0.246 e. The van der Waals surface area contributed by atoms with Gasteiger partial charge in [-0.2, -0.15) is 4.98 Å². The smallest absolute Gasteiger partial charge is 0.246 e. The van der Waals surface area contributed by atoms with Gasteiger partial charge in [0, 0.05) is 24.9 Å². The molecule has 0 aliphatic heterocycles. The van der Waals surface area contributed by atoms with Crippen LogP contribution in [-0.2, 0) is 13.0 Å². The Morgan fingerprint density at radius 3 is 3.00 bits per heavy atom. The van der Waals surface area contributed by atoms with Gasteiger partial charge in [0.05, 0.1) is 0 Å². The predicted octanol–water partition coefficient (Wildman–Crippen LogP) is 2.28. The van der Waals surface area contributed by atoms with E-state index in [0.29, 0.717) is 12.4 Å². The van der Waals surface area contributed by atoms with Crippen molar-refractivity contribution >= 4 is 0 Å². The standard InChI is InChI=1S/C13H20N4O/c1-3-5-12-15-13(18-16-12)9-17-7-6-10(8-17)11(14)4-2/h6-8,11H,3-5,9,14H2,1-2H3. The summed E-state index contributed by atoms with van der Waals surface area (Å²) in [6.45, 7) is 4.78. The highest BCUT2D eigenvalue weighted by atomic mass is 16.5. The monoisotopic (exact) mass is 248 g/mol. The van der Waals surface area contributed by atoms with Gasteiger partial charge in [-0.1, -0.05) is 19.0 Å². The maximum atomic E-state index is 5.98. The molecule has 5 heteroatoms. The lowest BCUT2D eigenvalue weighted by Crippen LogP contribution is -2.07. The van der Waals surface area contributed by atoms with Crippen LogP contribution in [0.3, 0.4) is 0 Å². The Morgan fingerprint density at radius 2 is 2.28 bits per heavy atom. The second-order valence-electron chi connectivity index (χ2n) is 4.49. The molecule has 0 aliphatic carbocycles. The van der Waals surface area contributed by atoms with Crippen LogP contribution in [0.15, 0.2) is 23.0 Å². The van der Waals surface area contributed by atoms with Crippen LogP contribution in [0.2, 0.25) is 0 Å². The summed E-state index contributed by atoms with van der Waals surface area (Å²) < 4.78 is 7.23. The molecule has 2 rings (SSSR count). The Bertz CT molecular complexity index is 489. The van der Waals surface area contributed by atoms with Crippen LogP contribution in [0.4, 0.5) is 0 Å². The second kappa shape index (κ2) is 5.82. The number of rotatable bonds is 6. The molecule has 0 fully saturated rings. The van der Waals surface area contributed by atoms with Crippen LogP contribution >= 0.6 is 0 Å². The number of aromatic nitrogens is 3. The van der Waals surface area contributed by atoms with Crippen LogP contribution in [0.25, 0.3) is 0 Å². The first-order chi connectivity index (χ1) is 8.72. The van der Waals surface area contributed by atoms with Gasteiger partial charge in [0.1, 0.15) is 6.54 Å². The largest absolute Gasteiger partial charge is 0.345 e. The van der Waals surface area contributed by atoms with E-state index in [0.717, 1.165) is 30.7 Å². The molecule has 1 unspecified atom stereocenters. The summed E-state index contributed by atoms with van der Waals surface area (Å²) in [6.07, 6.45) is 6.86. The zero-order valence-corrected chi connectivity index (χ0v) is 11.0. The Balaban J connectivity index is 2.01. The molecule has 2 aromatic rings. The summed E-state index contributed by atoms with van der Waals surface area (Å²) in [7, 11) is 0. The van der Waals surface area contributed by atoms with Gasteiger partial charge < -0.3 is 14.8 Å². The van der Waals surface area contributed by atoms with Gasteiger partial charge in [-0.25, -0.2) is 0 Å². The summed E-state index contributed by atoms with van der Waals surface area (Å²) in [6, 6.07) is 2.14. The molecule has 0 spiro atoms. The molecule has 0 saturated carbocycles. The van der Waals surface area contributed by atoms with Crippen LogP contribution in [0.5, 0.6) is 0 Å². The van der Waals surface area contributed by atoms with E-state index in [1.807, 2.05) is 23.0 Å². The van der Waals surface area contributed by atoms with Gasteiger partial charge >= 0.3 is 0 Å². The van der Waals surface area contributed by atoms with Gasteiger partial charge in [0.25, 0.3) is 0 Å². The van der Waals surface area contributed by atoms with E-state index in [1.54, 1.807) is 0 Å². The number of aryl methyl sites for hydroxylation is 1. The fourth-order valence-corrected chi connectivity index (χ4v) is 1.85. The topological polar surface area (TPSA) is 69.9 Å². The van der Waals surface area contributed by atoms with Crippen LogP contribution in [0.1, 0.15) is 50.0 Å². The average Bonchev–Trinajstić information content (AvgIpc) is 2.99. The van der Waals surface area contributed by atoms with Crippen molar-refractivity contribution in [2.75, 3.05) is 0 Å². The molecule has 2 aromatic heterocycles. The van der Waals surface area contributed by atoms with Crippen LogP contribution in [-0.4, -0.2) is 14.7 Å². The lowest BCUT2D eigenvalue weighted by molar-refractivity contribution is 0.366. The van der Waals surface area contributed by atoms with Crippen molar-refractivity contribution in [2.45, 2.75) is 45.7 Å². The molecule has 98 valence electrons. The normalized spacial score (nSPS) is 12.8. The molecule has 2 N–H and O–H groups in total. The van der Waals surface area contributed by atoms with Gasteiger partial charge in [-0.05, 0) is 24.5 Å². The molecule has 0 bridgehead atoms. The van der Waals surface area contributed by atoms with E-state index in [1.165, 1.54) is 0 Å². The van der Waals surface area contributed by atoms with E-state index >= 15 is 0 Å². The van der Waals surface area contributed by atoms with Crippen molar-refractivity contribution in [3.63, 3.8) is 0 Å². The van der Waals surface area contributed by atoms with Crippen molar-refractivity contribution in [3.05, 3.63) is 35.7 Å². The molecule has 18 heavy (non-hydrogen) atoms. The Kier molecular flexibility index (Phi) is 4.15. The molecule has 0 amide bonds. The van der Waals surface area contributed by atoms with Crippen molar-refractivity contribution < 1.29 is 4.52 Å².